The second-order valence-electron chi connectivity index (χ2n) is 7.17. The number of furan rings is 1. The first-order chi connectivity index (χ1) is 14.6. The molecule has 1 fully saturated rings. The first-order valence-electron chi connectivity index (χ1n) is 9.80. The van der Waals surface area contributed by atoms with Crippen molar-refractivity contribution in [1.82, 2.24) is 9.80 Å². The first-order valence-corrected chi connectivity index (χ1v) is 11.0. The molecule has 0 radical (unpaired) electrons. The van der Waals surface area contributed by atoms with Crippen LogP contribution in [0, 0.1) is 0 Å². The standard InChI is InChI=1S/C23H22BrClN2O3/c24-21-7-2-1-4-17(21)15-26-10-12-27(13-11-26)23(28)22-9-8-20(30-22)16-29-19-6-3-5-18(25)14-19/h1-9,14H,10-13,15-16H2. The van der Waals surface area contributed by atoms with Gasteiger partial charge in [-0.05, 0) is 42.0 Å². The van der Waals surface area contributed by atoms with Crippen molar-refractivity contribution in [3.05, 3.63) is 87.2 Å². The highest BCUT2D eigenvalue weighted by atomic mass is 79.9. The van der Waals surface area contributed by atoms with Crippen LogP contribution in [0.1, 0.15) is 21.9 Å². The fourth-order valence-electron chi connectivity index (χ4n) is 3.41. The summed E-state index contributed by atoms with van der Waals surface area (Å²) in [6.07, 6.45) is 0. The van der Waals surface area contributed by atoms with Gasteiger partial charge in [-0.25, -0.2) is 0 Å². The predicted octanol–water partition coefficient (Wildman–Crippen LogP) is 5.23. The lowest BCUT2D eigenvalue weighted by molar-refractivity contribution is 0.0594. The van der Waals surface area contributed by atoms with Gasteiger partial charge < -0.3 is 14.1 Å². The van der Waals surface area contributed by atoms with Gasteiger partial charge in [-0.3, -0.25) is 9.69 Å². The van der Waals surface area contributed by atoms with Gasteiger partial charge in [0.25, 0.3) is 5.91 Å². The molecule has 0 bridgehead atoms. The number of carbonyl (C=O) groups excluding carboxylic acids is 1. The van der Waals surface area contributed by atoms with E-state index in [1.165, 1.54) is 5.56 Å². The quantitative estimate of drug-likeness (QED) is 0.475. The summed E-state index contributed by atoms with van der Waals surface area (Å²) in [5.74, 6) is 1.53. The molecule has 1 amide bonds. The Morgan fingerprint density at radius 2 is 1.83 bits per heavy atom. The summed E-state index contributed by atoms with van der Waals surface area (Å²) in [7, 11) is 0. The molecule has 30 heavy (non-hydrogen) atoms. The van der Waals surface area contributed by atoms with Crippen molar-refractivity contribution in [1.29, 1.82) is 0 Å². The lowest BCUT2D eigenvalue weighted by Crippen LogP contribution is -2.48. The first kappa shape index (κ1) is 21.0. The van der Waals surface area contributed by atoms with Crippen molar-refractivity contribution in [2.75, 3.05) is 26.2 Å². The molecule has 0 aliphatic carbocycles. The largest absolute Gasteiger partial charge is 0.486 e. The van der Waals surface area contributed by atoms with Crippen molar-refractivity contribution in [3.63, 3.8) is 0 Å². The molecule has 1 saturated heterocycles. The van der Waals surface area contributed by atoms with E-state index in [0.29, 0.717) is 35.4 Å². The number of hydrogen-bond acceptors (Lipinski definition) is 4. The molecule has 1 aliphatic heterocycles. The Morgan fingerprint density at radius 3 is 2.60 bits per heavy atom. The molecule has 0 N–H and O–H groups in total. The van der Waals surface area contributed by atoms with Crippen LogP contribution in [0.3, 0.4) is 0 Å². The number of benzene rings is 2. The van der Waals surface area contributed by atoms with Crippen LogP contribution in [0.2, 0.25) is 5.02 Å². The molecule has 2 aromatic carbocycles. The molecule has 0 saturated carbocycles. The van der Waals surface area contributed by atoms with Crippen LogP contribution in [0.15, 0.2) is 69.6 Å². The second kappa shape index (κ2) is 9.69. The zero-order chi connectivity index (χ0) is 20.9. The third-order valence-electron chi connectivity index (χ3n) is 5.06. The van der Waals surface area contributed by atoms with Gasteiger partial charge in [0.05, 0.1) is 0 Å². The molecule has 2 heterocycles. The predicted molar refractivity (Wildman–Crippen MR) is 120 cm³/mol. The van der Waals surface area contributed by atoms with Crippen molar-refractivity contribution in [2.45, 2.75) is 13.2 Å². The van der Waals surface area contributed by atoms with Crippen LogP contribution in [-0.4, -0.2) is 41.9 Å². The zero-order valence-electron chi connectivity index (χ0n) is 16.4. The van der Waals surface area contributed by atoms with Gasteiger partial charge in [-0.15, -0.1) is 0 Å². The Hall–Kier alpha value is -2.28. The van der Waals surface area contributed by atoms with Crippen LogP contribution in [0.25, 0.3) is 0 Å². The van der Waals surface area contributed by atoms with E-state index >= 15 is 0 Å². The zero-order valence-corrected chi connectivity index (χ0v) is 18.7. The summed E-state index contributed by atoms with van der Waals surface area (Å²) in [4.78, 5) is 17.0. The normalized spacial score (nSPS) is 14.7. The van der Waals surface area contributed by atoms with Crippen LogP contribution < -0.4 is 4.74 Å². The Balaban J connectivity index is 1.29. The van der Waals surface area contributed by atoms with Crippen LogP contribution in [0.4, 0.5) is 0 Å². The number of halogens is 2. The highest BCUT2D eigenvalue weighted by Crippen LogP contribution is 2.21. The maximum absolute atomic E-state index is 12.8. The van der Waals surface area contributed by atoms with Gasteiger partial charge in [0.1, 0.15) is 18.1 Å². The number of rotatable bonds is 6. The van der Waals surface area contributed by atoms with Crippen LogP contribution >= 0.6 is 27.5 Å². The van der Waals surface area contributed by atoms with E-state index in [9.17, 15) is 4.79 Å². The number of ether oxygens (including phenoxy) is 1. The number of hydrogen-bond donors (Lipinski definition) is 0. The van der Waals surface area contributed by atoms with E-state index in [1.54, 1.807) is 24.3 Å². The molecule has 5 nitrogen and oxygen atoms in total. The fourth-order valence-corrected chi connectivity index (χ4v) is 4.00. The molecular weight excluding hydrogens is 468 g/mol. The molecule has 3 aromatic rings. The Morgan fingerprint density at radius 1 is 1.03 bits per heavy atom. The van der Waals surface area contributed by atoms with Crippen molar-refractivity contribution in [3.8, 4) is 5.75 Å². The molecule has 1 aliphatic rings. The van der Waals surface area contributed by atoms with E-state index in [1.807, 2.05) is 29.2 Å². The minimum Gasteiger partial charge on any atom is -0.486 e. The van der Waals surface area contributed by atoms with E-state index in [4.69, 9.17) is 20.8 Å². The van der Waals surface area contributed by atoms with Crippen molar-refractivity contribution in [2.24, 2.45) is 0 Å². The van der Waals surface area contributed by atoms with Gasteiger partial charge in [-0.1, -0.05) is 51.8 Å². The maximum atomic E-state index is 12.8. The fraction of sp³-hybridized carbons (Fsp3) is 0.261. The Bertz CT molecular complexity index is 1010. The average Bonchev–Trinajstić information content (AvgIpc) is 3.23. The number of piperazine rings is 1. The highest BCUT2D eigenvalue weighted by Gasteiger charge is 2.24. The molecule has 156 valence electrons. The molecular formula is C23H22BrClN2O3. The van der Waals surface area contributed by atoms with E-state index in [2.05, 4.69) is 33.0 Å². The average molecular weight is 490 g/mol. The van der Waals surface area contributed by atoms with Crippen molar-refractivity contribution >= 4 is 33.4 Å². The van der Waals surface area contributed by atoms with E-state index < -0.39 is 0 Å². The smallest absolute Gasteiger partial charge is 0.289 e. The molecule has 4 rings (SSSR count). The van der Waals surface area contributed by atoms with Gasteiger partial charge in [0, 0.05) is 42.2 Å². The van der Waals surface area contributed by atoms with E-state index in [-0.39, 0.29) is 12.5 Å². The summed E-state index contributed by atoms with van der Waals surface area (Å²) in [5, 5.41) is 0.613. The lowest BCUT2D eigenvalue weighted by Gasteiger charge is -2.34. The van der Waals surface area contributed by atoms with Crippen LogP contribution in [0.5, 0.6) is 5.75 Å². The van der Waals surface area contributed by atoms with Gasteiger partial charge in [-0.2, -0.15) is 0 Å². The molecule has 7 heteroatoms. The summed E-state index contributed by atoms with van der Waals surface area (Å²) in [6.45, 7) is 4.14. The minimum absolute atomic E-state index is 0.0791. The summed E-state index contributed by atoms with van der Waals surface area (Å²) < 4.78 is 12.5. The molecule has 0 unspecified atom stereocenters. The van der Waals surface area contributed by atoms with Gasteiger partial charge >= 0.3 is 0 Å². The molecule has 0 atom stereocenters. The third-order valence-corrected chi connectivity index (χ3v) is 6.07. The monoisotopic (exact) mass is 488 g/mol. The molecule has 1 aromatic heterocycles. The number of carbonyl (C=O) groups is 1. The molecule has 0 spiro atoms. The Labute approximate surface area is 189 Å². The highest BCUT2D eigenvalue weighted by molar-refractivity contribution is 9.10. The summed E-state index contributed by atoms with van der Waals surface area (Å²) in [6, 6.07) is 18.9. The number of amides is 1. The third kappa shape index (κ3) is 5.25. The maximum Gasteiger partial charge on any atom is 0.289 e. The van der Waals surface area contributed by atoms with Gasteiger partial charge in [0.15, 0.2) is 5.76 Å². The SMILES string of the molecule is O=C(c1ccc(COc2cccc(Cl)c2)o1)N1CCN(Cc2ccccc2Br)CC1. The van der Waals surface area contributed by atoms with E-state index in [0.717, 1.165) is 24.1 Å². The van der Waals surface area contributed by atoms with Crippen LogP contribution in [-0.2, 0) is 13.2 Å². The summed E-state index contributed by atoms with van der Waals surface area (Å²) in [5.41, 5.74) is 1.26. The van der Waals surface area contributed by atoms with Gasteiger partial charge in [0.2, 0.25) is 0 Å². The second-order valence-corrected chi connectivity index (χ2v) is 8.46. The van der Waals surface area contributed by atoms with Crippen molar-refractivity contribution < 1.29 is 13.9 Å². The summed E-state index contributed by atoms with van der Waals surface area (Å²) >= 11 is 9.56. The Kier molecular flexibility index (Phi) is 6.77. The lowest BCUT2D eigenvalue weighted by atomic mass is 10.2. The number of nitrogens with zero attached hydrogens (tertiary/aromatic N) is 2. The minimum atomic E-state index is -0.0791. The topological polar surface area (TPSA) is 45.9 Å².